The van der Waals surface area contributed by atoms with Crippen LogP contribution in [0.15, 0.2) is 36.4 Å². The minimum Gasteiger partial charge on any atom is -0.389 e. The van der Waals surface area contributed by atoms with Crippen LogP contribution in [-0.4, -0.2) is 4.99 Å². The molecule has 2 aromatic carbocycles. The third-order valence-electron chi connectivity index (χ3n) is 2.39. The predicted octanol–water partition coefficient (Wildman–Crippen LogP) is 3.48. The molecule has 19 heavy (non-hydrogen) atoms. The van der Waals surface area contributed by atoms with Crippen LogP contribution >= 0.6 is 12.2 Å². The van der Waals surface area contributed by atoms with Gasteiger partial charge < -0.3 is 11.1 Å². The number of rotatable bonds is 3. The van der Waals surface area contributed by atoms with Crippen LogP contribution in [0.4, 0.5) is 24.5 Å². The monoisotopic (exact) mass is 282 g/mol. The Labute approximate surface area is 113 Å². The summed E-state index contributed by atoms with van der Waals surface area (Å²) in [5.74, 6) is -2.04. The fourth-order valence-corrected chi connectivity index (χ4v) is 1.75. The minimum atomic E-state index is -0.720. The van der Waals surface area contributed by atoms with Crippen LogP contribution in [0, 0.1) is 17.5 Å². The fraction of sp³-hybridized carbons (Fsp3) is 0. The van der Waals surface area contributed by atoms with E-state index in [0.717, 1.165) is 24.3 Å². The molecule has 0 fully saturated rings. The quantitative estimate of drug-likeness (QED) is 0.846. The van der Waals surface area contributed by atoms with Crippen molar-refractivity contribution in [3.8, 4) is 0 Å². The van der Waals surface area contributed by atoms with E-state index in [1.807, 2.05) is 0 Å². The van der Waals surface area contributed by atoms with Gasteiger partial charge in [-0.25, -0.2) is 13.2 Å². The second kappa shape index (κ2) is 5.27. The highest BCUT2D eigenvalue weighted by Crippen LogP contribution is 2.21. The van der Waals surface area contributed by atoms with E-state index in [0.29, 0.717) is 5.69 Å². The van der Waals surface area contributed by atoms with Crippen LogP contribution in [0.2, 0.25) is 0 Å². The van der Waals surface area contributed by atoms with Gasteiger partial charge in [0.25, 0.3) is 0 Å². The number of anilines is 2. The highest BCUT2D eigenvalue weighted by atomic mass is 32.1. The normalized spacial score (nSPS) is 10.3. The van der Waals surface area contributed by atoms with E-state index < -0.39 is 17.5 Å². The smallest absolute Gasteiger partial charge is 0.135 e. The van der Waals surface area contributed by atoms with Crippen LogP contribution in [0.25, 0.3) is 0 Å². The number of thiocarbonyl (C=S) groups is 1. The highest BCUT2D eigenvalue weighted by Gasteiger charge is 2.07. The fourth-order valence-electron chi connectivity index (χ4n) is 1.59. The maximum Gasteiger partial charge on any atom is 0.135 e. The zero-order chi connectivity index (χ0) is 14.0. The van der Waals surface area contributed by atoms with Crippen molar-refractivity contribution in [1.82, 2.24) is 0 Å². The number of nitrogens with one attached hydrogen (secondary N) is 1. The molecule has 2 aromatic rings. The average molecular weight is 282 g/mol. The van der Waals surface area contributed by atoms with Crippen molar-refractivity contribution in [3.63, 3.8) is 0 Å². The van der Waals surface area contributed by atoms with Gasteiger partial charge in [-0.1, -0.05) is 12.2 Å². The first-order valence-corrected chi connectivity index (χ1v) is 5.69. The number of halogens is 3. The maximum absolute atomic E-state index is 13.6. The Balaban J connectivity index is 2.28. The van der Waals surface area contributed by atoms with E-state index >= 15 is 0 Å². The van der Waals surface area contributed by atoms with Gasteiger partial charge >= 0.3 is 0 Å². The largest absolute Gasteiger partial charge is 0.389 e. The molecule has 3 N–H and O–H groups in total. The molecule has 2 rings (SSSR count). The molecule has 0 saturated carbocycles. The molecular weight excluding hydrogens is 273 g/mol. The van der Waals surface area contributed by atoms with E-state index in [9.17, 15) is 13.2 Å². The van der Waals surface area contributed by atoms with Crippen molar-refractivity contribution in [2.75, 3.05) is 5.32 Å². The molecule has 0 bridgehead atoms. The van der Waals surface area contributed by atoms with Crippen molar-refractivity contribution in [1.29, 1.82) is 0 Å². The second-order valence-electron chi connectivity index (χ2n) is 3.84. The van der Waals surface area contributed by atoms with Crippen LogP contribution in [-0.2, 0) is 0 Å². The lowest BCUT2D eigenvalue weighted by atomic mass is 10.2. The molecule has 98 valence electrons. The van der Waals surface area contributed by atoms with Gasteiger partial charge in [-0.05, 0) is 30.3 Å². The van der Waals surface area contributed by atoms with Crippen LogP contribution in [0.5, 0.6) is 0 Å². The molecule has 6 heteroatoms. The molecule has 0 aliphatic rings. The van der Waals surface area contributed by atoms with E-state index in [1.165, 1.54) is 12.1 Å². The molecule has 0 radical (unpaired) electrons. The number of hydrogen-bond acceptors (Lipinski definition) is 2. The lowest BCUT2D eigenvalue weighted by Gasteiger charge is -2.08. The van der Waals surface area contributed by atoms with Gasteiger partial charge in [-0.2, -0.15) is 0 Å². The van der Waals surface area contributed by atoms with Gasteiger partial charge in [0.2, 0.25) is 0 Å². The SMILES string of the molecule is NC(=S)c1ccc(Nc2cc(F)cc(F)c2)cc1F. The van der Waals surface area contributed by atoms with Gasteiger partial charge in [0.15, 0.2) is 0 Å². The van der Waals surface area contributed by atoms with Crippen molar-refractivity contribution in [2.45, 2.75) is 0 Å². The molecule has 0 heterocycles. The Hall–Kier alpha value is -2.08. The van der Waals surface area contributed by atoms with Crippen molar-refractivity contribution in [3.05, 3.63) is 59.4 Å². The Morgan fingerprint density at radius 2 is 1.58 bits per heavy atom. The summed E-state index contributed by atoms with van der Waals surface area (Å²) in [6.07, 6.45) is 0. The lowest BCUT2D eigenvalue weighted by Crippen LogP contribution is -2.11. The Morgan fingerprint density at radius 1 is 0.947 bits per heavy atom. The van der Waals surface area contributed by atoms with E-state index in [1.54, 1.807) is 0 Å². The van der Waals surface area contributed by atoms with Gasteiger partial charge in [-0.15, -0.1) is 0 Å². The number of benzene rings is 2. The molecular formula is C13H9F3N2S. The molecule has 0 saturated heterocycles. The number of hydrogen-bond donors (Lipinski definition) is 2. The van der Waals surface area contributed by atoms with Crippen molar-refractivity contribution < 1.29 is 13.2 Å². The minimum absolute atomic E-state index is 0.0548. The summed E-state index contributed by atoms with van der Waals surface area (Å²) in [6.45, 7) is 0. The highest BCUT2D eigenvalue weighted by molar-refractivity contribution is 7.80. The summed E-state index contributed by atoms with van der Waals surface area (Å²) >= 11 is 4.67. The summed E-state index contributed by atoms with van der Waals surface area (Å²) in [6, 6.07) is 7.01. The van der Waals surface area contributed by atoms with Gasteiger partial charge in [0.1, 0.15) is 22.4 Å². The Bertz CT molecular complexity index is 624. The maximum atomic E-state index is 13.6. The van der Waals surface area contributed by atoms with Crippen LogP contribution < -0.4 is 11.1 Å². The lowest BCUT2D eigenvalue weighted by molar-refractivity contribution is 0.584. The summed E-state index contributed by atoms with van der Waals surface area (Å²) in [5, 5.41) is 2.69. The van der Waals surface area contributed by atoms with Gasteiger partial charge in [-0.3, -0.25) is 0 Å². The van der Waals surface area contributed by atoms with E-state index in [2.05, 4.69) is 17.5 Å². The molecule has 0 aliphatic heterocycles. The molecule has 0 aromatic heterocycles. The van der Waals surface area contributed by atoms with Crippen molar-refractivity contribution >= 4 is 28.6 Å². The molecule has 2 nitrogen and oxygen atoms in total. The molecule has 0 aliphatic carbocycles. The van der Waals surface area contributed by atoms with E-state index in [-0.39, 0.29) is 16.2 Å². The predicted molar refractivity (Wildman–Crippen MR) is 71.9 cm³/mol. The topological polar surface area (TPSA) is 38.0 Å². The van der Waals surface area contributed by atoms with Gasteiger partial charge in [0.05, 0.1) is 0 Å². The summed E-state index contributed by atoms with van der Waals surface area (Å²) in [5.41, 5.74) is 5.96. The summed E-state index contributed by atoms with van der Waals surface area (Å²) in [7, 11) is 0. The number of nitrogens with two attached hydrogens (primary N) is 1. The third-order valence-corrected chi connectivity index (χ3v) is 2.61. The average Bonchev–Trinajstić information content (AvgIpc) is 2.26. The van der Waals surface area contributed by atoms with E-state index in [4.69, 9.17) is 5.73 Å². The molecule has 0 unspecified atom stereocenters. The first-order chi connectivity index (χ1) is 8.95. The standard InChI is InChI=1S/C13H9F3N2S/c14-7-3-8(15)5-10(4-7)18-9-1-2-11(13(17)19)12(16)6-9/h1-6,18H,(H2,17,19). The molecule has 0 atom stereocenters. The van der Waals surface area contributed by atoms with Crippen molar-refractivity contribution in [2.24, 2.45) is 5.73 Å². The summed E-state index contributed by atoms with van der Waals surface area (Å²) in [4.78, 5) is -0.0548. The molecule has 0 spiro atoms. The van der Waals surface area contributed by atoms with Crippen LogP contribution in [0.3, 0.4) is 0 Å². The Morgan fingerprint density at radius 3 is 2.11 bits per heavy atom. The first kappa shape index (κ1) is 13.4. The van der Waals surface area contributed by atoms with Gasteiger partial charge in [0, 0.05) is 23.0 Å². The Kier molecular flexibility index (Phi) is 3.71. The molecule has 0 amide bonds. The third kappa shape index (κ3) is 3.23. The zero-order valence-electron chi connectivity index (χ0n) is 9.58. The second-order valence-corrected chi connectivity index (χ2v) is 4.28. The zero-order valence-corrected chi connectivity index (χ0v) is 10.4. The van der Waals surface area contributed by atoms with Crippen LogP contribution in [0.1, 0.15) is 5.56 Å². The first-order valence-electron chi connectivity index (χ1n) is 5.28. The summed E-state index contributed by atoms with van der Waals surface area (Å²) < 4.78 is 39.6.